The average molecular weight is 424 g/mol. The van der Waals surface area contributed by atoms with E-state index in [-0.39, 0.29) is 17.2 Å². The Labute approximate surface area is 177 Å². The van der Waals surface area contributed by atoms with Gasteiger partial charge in [0, 0.05) is 17.9 Å². The Morgan fingerprint density at radius 1 is 1.17 bits per heavy atom. The summed E-state index contributed by atoms with van der Waals surface area (Å²) in [5.41, 5.74) is 4.50. The summed E-state index contributed by atoms with van der Waals surface area (Å²) in [6.45, 7) is 4.02. The number of aryl methyl sites for hydroxylation is 3. The van der Waals surface area contributed by atoms with Gasteiger partial charge in [-0.25, -0.2) is 4.98 Å². The third-order valence-corrected chi connectivity index (χ3v) is 6.57. The summed E-state index contributed by atoms with van der Waals surface area (Å²) >= 11 is 2.85. The van der Waals surface area contributed by atoms with E-state index in [1.807, 2.05) is 56.3 Å². The zero-order valence-electron chi connectivity index (χ0n) is 16.3. The number of hydrogen-bond acceptors (Lipinski definition) is 5. The number of benzene rings is 2. The van der Waals surface area contributed by atoms with E-state index in [9.17, 15) is 9.59 Å². The lowest BCUT2D eigenvalue weighted by Crippen LogP contribution is -2.25. The van der Waals surface area contributed by atoms with Crippen LogP contribution in [0.25, 0.3) is 5.69 Å². The van der Waals surface area contributed by atoms with Crippen molar-refractivity contribution in [2.24, 2.45) is 0 Å². The van der Waals surface area contributed by atoms with Gasteiger partial charge in [0.05, 0.1) is 22.0 Å². The maximum Gasteiger partial charge on any atom is 0.272 e. The molecule has 0 bridgehead atoms. The summed E-state index contributed by atoms with van der Waals surface area (Å²) in [4.78, 5) is 31.1. The van der Waals surface area contributed by atoms with Gasteiger partial charge in [-0.05, 0) is 49.2 Å². The zero-order valence-corrected chi connectivity index (χ0v) is 17.9. The highest BCUT2D eigenvalue weighted by atomic mass is 32.2. The third-order valence-electron chi connectivity index (χ3n) is 4.52. The van der Waals surface area contributed by atoms with Crippen molar-refractivity contribution in [1.29, 1.82) is 0 Å². The fourth-order valence-electron chi connectivity index (χ4n) is 3.35. The number of amides is 1. The molecule has 0 spiro atoms. The fraction of sp³-hybridized carbons (Fsp3) is 0.227. The molecule has 0 atom stereocenters. The summed E-state index contributed by atoms with van der Waals surface area (Å²) in [5, 5.41) is 3.44. The van der Waals surface area contributed by atoms with Crippen molar-refractivity contribution in [2.45, 2.75) is 30.3 Å². The SMILES string of the molecule is Cc1cc(C)cc(-n2c(SCC(=O)Nc3ccccc3)nc3c(c2=O)SCC3)c1. The number of fused-ring (bicyclic) bond motifs is 1. The number of nitrogens with zero attached hydrogens (tertiary/aromatic N) is 2. The molecule has 1 amide bonds. The topological polar surface area (TPSA) is 64.0 Å². The Morgan fingerprint density at radius 3 is 2.62 bits per heavy atom. The molecule has 0 fully saturated rings. The normalized spacial score (nSPS) is 12.6. The molecular formula is C22H21N3O2S2. The molecule has 2 aromatic carbocycles. The van der Waals surface area contributed by atoms with Crippen LogP contribution in [0.1, 0.15) is 16.8 Å². The first-order valence-corrected chi connectivity index (χ1v) is 11.3. The zero-order chi connectivity index (χ0) is 20.4. The van der Waals surface area contributed by atoms with Crippen molar-refractivity contribution in [3.05, 3.63) is 75.7 Å². The number of carbonyl (C=O) groups excluding carboxylic acids is 1. The second-order valence-corrected chi connectivity index (χ2v) is 9.01. The van der Waals surface area contributed by atoms with Crippen LogP contribution < -0.4 is 10.9 Å². The largest absolute Gasteiger partial charge is 0.325 e. The minimum absolute atomic E-state index is 0.0477. The standard InChI is InChI=1S/C22H21N3O2S2/c1-14-10-15(2)12-17(11-14)25-21(27)20-18(8-9-28-20)24-22(25)29-13-19(26)23-16-6-4-3-5-7-16/h3-7,10-12H,8-9,13H2,1-2H3,(H,23,26). The summed E-state index contributed by atoms with van der Waals surface area (Å²) in [6, 6.07) is 15.4. The Hall–Kier alpha value is -2.51. The Morgan fingerprint density at radius 2 is 1.90 bits per heavy atom. The lowest BCUT2D eigenvalue weighted by atomic mass is 10.1. The summed E-state index contributed by atoms with van der Waals surface area (Å²) in [6.07, 6.45) is 0.784. The molecule has 3 aromatic rings. The molecule has 1 aliphatic heterocycles. The lowest BCUT2D eigenvalue weighted by molar-refractivity contribution is -0.113. The van der Waals surface area contributed by atoms with Crippen LogP contribution in [0.3, 0.4) is 0 Å². The highest BCUT2D eigenvalue weighted by Gasteiger charge is 2.23. The van der Waals surface area contributed by atoms with Crippen LogP contribution in [-0.2, 0) is 11.2 Å². The van der Waals surface area contributed by atoms with Crippen LogP contribution in [0.15, 0.2) is 63.4 Å². The number of carbonyl (C=O) groups is 1. The number of nitrogens with one attached hydrogen (secondary N) is 1. The third kappa shape index (κ3) is 4.41. The van der Waals surface area contributed by atoms with Crippen molar-refractivity contribution >= 4 is 35.1 Å². The maximum atomic E-state index is 13.2. The Bertz CT molecular complexity index is 1110. The van der Waals surface area contributed by atoms with Crippen LogP contribution in [-0.4, -0.2) is 27.0 Å². The van der Waals surface area contributed by atoms with E-state index in [0.29, 0.717) is 5.16 Å². The molecule has 0 unspecified atom stereocenters. The Kier molecular flexibility index (Phi) is 5.78. The van der Waals surface area contributed by atoms with Gasteiger partial charge in [-0.2, -0.15) is 0 Å². The van der Waals surface area contributed by atoms with Crippen molar-refractivity contribution in [3.63, 3.8) is 0 Å². The molecule has 0 aliphatic carbocycles. The van der Waals surface area contributed by atoms with Crippen molar-refractivity contribution in [1.82, 2.24) is 9.55 Å². The minimum atomic E-state index is -0.128. The van der Waals surface area contributed by atoms with Gasteiger partial charge >= 0.3 is 0 Å². The van der Waals surface area contributed by atoms with Gasteiger partial charge in [0.15, 0.2) is 5.16 Å². The van der Waals surface area contributed by atoms with E-state index >= 15 is 0 Å². The molecule has 1 aromatic heterocycles. The molecule has 1 aliphatic rings. The van der Waals surface area contributed by atoms with Crippen molar-refractivity contribution in [2.75, 3.05) is 16.8 Å². The van der Waals surface area contributed by atoms with E-state index in [1.165, 1.54) is 11.8 Å². The van der Waals surface area contributed by atoms with Gasteiger partial charge < -0.3 is 5.32 Å². The van der Waals surface area contributed by atoms with Crippen LogP contribution >= 0.6 is 23.5 Å². The smallest absolute Gasteiger partial charge is 0.272 e. The summed E-state index contributed by atoms with van der Waals surface area (Å²) < 4.78 is 1.65. The molecule has 29 heavy (non-hydrogen) atoms. The Balaban J connectivity index is 1.66. The van der Waals surface area contributed by atoms with Gasteiger partial charge in [0.25, 0.3) is 5.56 Å². The number of aromatic nitrogens is 2. The second-order valence-electron chi connectivity index (χ2n) is 6.96. The molecule has 4 rings (SSSR count). The maximum absolute atomic E-state index is 13.2. The molecule has 0 saturated heterocycles. The molecular weight excluding hydrogens is 402 g/mol. The van der Waals surface area contributed by atoms with Crippen molar-refractivity contribution < 1.29 is 4.79 Å². The van der Waals surface area contributed by atoms with E-state index in [1.54, 1.807) is 16.3 Å². The number of thioether (sulfide) groups is 2. The predicted octanol–water partition coefficient (Wildman–Crippen LogP) is 4.23. The summed E-state index contributed by atoms with van der Waals surface area (Å²) in [5.74, 6) is 0.919. The van der Waals surface area contributed by atoms with Gasteiger partial charge in [-0.3, -0.25) is 14.2 Å². The van der Waals surface area contributed by atoms with Crippen LogP contribution in [0.5, 0.6) is 0 Å². The van der Waals surface area contributed by atoms with E-state index in [2.05, 4.69) is 11.4 Å². The van der Waals surface area contributed by atoms with Gasteiger partial charge in [-0.1, -0.05) is 36.0 Å². The predicted molar refractivity (Wildman–Crippen MR) is 120 cm³/mol. The lowest BCUT2D eigenvalue weighted by Gasteiger charge is -2.15. The molecule has 1 N–H and O–H groups in total. The second kappa shape index (κ2) is 8.47. The molecule has 0 saturated carbocycles. The number of para-hydroxylation sites is 1. The average Bonchev–Trinajstić information content (AvgIpc) is 3.15. The van der Waals surface area contributed by atoms with Crippen LogP contribution in [0.4, 0.5) is 5.69 Å². The van der Waals surface area contributed by atoms with E-state index < -0.39 is 0 Å². The first-order chi connectivity index (χ1) is 14.0. The quantitative estimate of drug-likeness (QED) is 0.492. The fourth-order valence-corrected chi connectivity index (χ4v) is 5.20. The summed E-state index contributed by atoms with van der Waals surface area (Å²) in [7, 11) is 0. The molecule has 148 valence electrons. The van der Waals surface area contributed by atoms with E-state index in [4.69, 9.17) is 4.98 Å². The molecule has 0 radical (unpaired) electrons. The number of hydrogen-bond donors (Lipinski definition) is 1. The minimum Gasteiger partial charge on any atom is -0.325 e. The van der Waals surface area contributed by atoms with Crippen LogP contribution in [0.2, 0.25) is 0 Å². The first-order valence-electron chi connectivity index (χ1n) is 9.36. The van der Waals surface area contributed by atoms with E-state index in [0.717, 1.165) is 45.3 Å². The highest BCUT2D eigenvalue weighted by molar-refractivity contribution is 8.00. The monoisotopic (exact) mass is 423 g/mol. The number of anilines is 1. The molecule has 5 nitrogen and oxygen atoms in total. The number of rotatable bonds is 5. The van der Waals surface area contributed by atoms with Gasteiger partial charge in [-0.15, -0.1) is 11.8 Å². The van der Waals surface area contributed by atoms with Crippen LogP contribution in [0, 0.1) is 13.8 Å². The van der Waals surface area contributed by atoms with Gasteiger partial charge in [0.2, 0.25) is 5.91 Å². The molecule has 7 heteroatoms. The first kappa shape index (κ1) is 19.8. The molecule has 2 heterocycles. The highest BCUT2D eigenvalue weighted by Crippen LogP contribution is 2.30. The van der Waals surface area contributed by atoms with Gasteiger partial charge in [0.1, 0.15) is 0 Å². The van der Waals surface area contributed by atoms with Crippen molar-refractivity contribution in [3.8, 4) is 5.69 Å².